The van der Waals surface area contributed by atoms with Gasteiger partial charge in [-0.05, 0) is 30.9 Å². The van der Waals surface area contributed by atoms with Crippen LogP contribution in [0.4, 0.5) is 13.2 Å². The van der Waals surface area contributed by atoms with Crippen LogP contribution < -0.4 is 0 Å². The summed E-state index contributed by atoms with van der Waals surface area (Å²) in [6.45, 7) is 0.897. The fourth-order valence-electron chi connectivity index (χ4n) is 4.34. The molecule has 0 unspecified atom stereocenters. The van der Waals surface area contributed by atoms with Gasteiger partial charge in [-0.2, -0.15) is 13.2 Å². The largest absolute Gasteiger partial charge is 0.416 e. The van der Waals surface area contributed by atoms with Gasteiger partial charge in [0.05, 0.1) is 23.6 Å². The van der Waals surface area contributed by atoms with Crippen molar-refractivity contribution in [1.82, 2.24) is 9.80 Å². The van der Waals surface area contributed by atoms with Crippen LogP contribution in [-0.4, -0.2) is 59.9 Å². The second-order valence-corrected chi connectivity index (χ2v) is 8.34. The first kappa shape index (κ1) is 20.8. The first-order valence-corrected chi connectivity index (χ1v) is 10.0. The normalized spacial score (nSPS) is 27.1. The third-order valence-electron chi connectivity index (χ3n) is 6.30. The van der Waals surface area contributed by atoms with Crippen LogP contribution in [-0.2, 0) is 30.7 Å². The monoisotopic (exact) mass is 424 g/mol. The molecule has 4 rings (SSSR count). The highest BCUT2D eigenvalue weighted by molar-refractivity contribution is 6.11. The average molecular weight is 424 g/mol. The highest BCUT2D eigenvalue weighted by Gasteiger charge is 2.57. The highest BCUT2D eigenvalue weighted by atomic mass is 19.4. The van der Waals surface area contributed by atoms with Crippen LogP contribution in [0.1, 0.15) is 43.2 Å². The molecule has 3 aliphatic rings. The Morgan fingerprint density at radius 1 is 1.27 bits per heavy atom. The molecule has 9 heteroatoms. The molecule has 30 heavy (non-hydrogen) atoms. The Bertz CT molecular complexity index is 877. The summed E-state index contributed by atoms with van der Waals surface area (Å²) in [5.41, 5.74) is -2.47. The summed E-state index contributed by atoms with van der Waals surface area (Å²) in [4.78, 5) is 41.8. The van der Waals surface area contributed by atoms with Crippen molar-refractivity contribution >= 4 is 17.7 Å². The number of nitrogens with zero attached hydrogens (tertiary/aromatic N) is 2. The Labute approximate surface area is 172 Å². The van der Waals surface area contributed by atoms with E-state index >= 15 is 0 Å². The van der Waals surface area contributed by atoms with E-state index in [4.69, 9.17) is 4.74 Å². The molecule has 0 N–H and O–H groups in total. The Morgan fingerprint density at radius 2 is 2.00 bits per heavy atom. The standard InChI is InChI=1S/C21H23F3N2O4/c1-25(16-7-8-30-12-16)17(27)10-20(11-18(28)26(19(20)29)15-5-6-15)13-3-2-4-14(9-13)21(22,23)24/h2-4,9,15-16H,5-8,10-12H2,1H3/t16-,20+/m0/s1. The third kappa shape index (κ3) is 3.59. The van der Waals surface area contributed by atoms with Crippen LogP contribution in [0.15, 0.2) is 24.3 Å². The summed E-state index contributed by atoms with van der Waals surface area (Å²) in [6, 6.07) is 4.07. The number of likely N-dealkylation sites (tertiary alicyclic amines) is 1. The summed E-state index contributed by atoms with van der Waals surface area (Å²) in [7, 11) is 1.60. The number of rotatable bonds is 5. The lowest BCUT2D eigenvalue weighted by Gasteiger charge is -2.31. The van der Waals surface area contributed by atoms with Gasteiger partial charge in [-0.15, -0.1) is 0 Å². The van der Waals surface area contributed by atoms with Crippen LogP contribution in [0.5, 0.6) is 0 Å². The molecule has 1 aromatic rings. The number of imide groups is 1. The first-order valence-electron chi connectivity index (χ1n) is 10.0. The van der Waals surface area contributed by atoms with Gasteiger partial charge in [0.25, 0.3) is 0 Å². The molecule has 1 aromatic carbocycles. The lowest BCUT2D eigenvalue weighted by atomic mass is 9.75. The minimum Gasteiger partial charge on any atom is -0.379 e. The topological polar surface area (TPSA) is 66.9 Å². The van der Waals surface area contributed by atoms with E-state index in [0.29, 0.717) is 32.5 Å². The van der Waals surface area contributed by atoms with Gasteiger partial charge in [-0.1, -0.05) is 18.2 Å². The number of carbonyl (C=O) groups is 3. The predicted octanol–water partition coefficient (Wildman–Crippen LogP) is 2.50. The van der Waals surface area contributed by atoms with Gasteiger partial charge in [-0.25, -0.2) is 0 Å². The third-order valence-corrected chi connectivity index (χ3v) is 6.30. The van der Waals surface area contributed by atoms with Crippen molar-refractivity contribution in [3.63, 3.8) is 0 Å². The van der Waals surface area contributed by atoms with Gasteiger partial charge in [0.2, 0.25) is 17.7 Å². The Kier molecular flexibility index (Phi) is 5.12. The number of benzene rings is 1. The first-order chi connectivity index (χ1) is 14.1. The fraction of sp³-hybridized carbons (Fsp3) is 0.571. The van der Waals surface area contributed by atoms with Crippen LogP contribution in [0.3, 0.4) is 0 Å². The molecule has 0 aromatic heterocycles. The van der Waals surface area contributed by atoms with Crippen LogP contribution >= 0.6 is 0 Å². The van der Waals surface area contributed by atoms with Crippen molar-refractivity contribution in [2.45, 2.75) is 55.8 Å². The Hall–Kier alpha value is -2.42. The van der Waals surface area contributed by atoms with Crippen LogP contribution in [0, 0.1) is 0 Å². The zero-order valence-corrected chi connectivity index (χ0v) is 16.6. The van der Waals surface area contributed by atoms with E-state index in [1.54, 1.807) is 7.05 Å². The number of likely N-dealkylation sites (N-methyl/N-ethyl adjacent to an activating group) is 1. The molecule has 0 radical (unpaired) electrons. The SMILES string of the molecule is CN(C(=O)C[C@]1(c2cccc(C(F)(F)F)c2)CC(=O)N(C2CC2)C1=O)[C@H]1CCOC1. The fourth-order valence-corrected chi connectivity index (χ4v) is 4.34. The smallest absolute Gasteiger partial charge is 0.379 e. The number of alkyl halides is 3. The molecule has 162 valence electrons. The lowest BCUT2D eigenvalue weighted by molar-refractivity contribution is -0.143. The predicted molar refractivity (Wildman–Crippen MR) is 99.2 cm³/mol. The zero-order valence-electron chi connectivity index (χ0n) is 16.6. The molecule has 2 heterocycles. The number of halogens is 3. The summed E-state index contributed by atoms with van der Waals surface area (Å²) in [5.74, 6) is -1.39. The van der Waals surface area contributed by atoms with Gasteiger partial charge in [0, 0.05) is 32.5 Å². The number of hydrogen-bond acceptors (Lipinski definition) is 4. The summed E-state index contributed by atoms with van der Waals surface area (Å²) in [6.07, 6.45) is -3.23. The maximum atomic E-state index is 13.4. The lowest BCUT2D eigenvalue weighted by Crippen LogP contribution is -2.45. The van der Waals surface area contributed by atoms with Gasteiger partial charge in [-0.3, -0.25) is 19.3 Å². The minimum atomic E-state index is -4.60. The van der Waals surface area contributed by atoms with E-state index in [2.05, 4.69) is 0 Å². The van der Waals surface area contributed by atoms with Gasteiger partial charge < -0.3 is 9.64 Å². The second-order valence-electron chi connectivity index (χ2n) is 8.34. The molecule has 0 bridgehead atoms. The van der Waals surface area contributed by atoms with E-state index in [-0.39, 0.29) is 36.4 Å². The maximum absolute atomic E-state index is 13.4. The number of amides is 3. The molecule has 3 fully saturated rings. The van der Waals surface area contributed by atoms with Crippen LogP contribution in [0.2, 0.25) is 0 Å². The molecule has 2 aliphatic heterocycles. The summed E-state index contributed by atoms with van der Waals surface area (Å²) in [5, 5.41) is 0. The molecular weight excluding hydrogens is 401 g/mol. The summed E-state index contributed by atoms with van der Waals surface area (Å²) < 4.78 is 45.2. The zero-order chi connectivity index (χ0) is 21.7. The molecule has 1 aliphatic carbocycles. The van der Waals surface area contributed by atoms with Gasteiger partial charge >= 0.3 is 6.18 Å². The van der Waals surface area contributed by atoms with Crippen molar-refractivity contribution in [3.05, 3.63) is 35.4 Å². The number of ether oxygens (including phenoxy) is 1. The van der Waals surface area contributed by atoms with Crippen molar-refractivity contribution < 1.29 is 32.3 Å². The summed E-state index contributed by atoms with van der Waals surface area (Å²) >= 11 is 0. The van der Waals surface area contributed by atoms with Crippen LogP contribution in [0.25, 0.3) is 0 Å². The van der Waals surface area contributed by atoms with E-state index in [0.717, 1.165) is 17.0 Å². The molecular formula is C21H23F3N2O4. The van der Waals surface area contributed by atoms with Crippen molar-refractivity contribution in [2.24, 2.45) is 0 Å². The van der Waals surface area contributed by atoms with Crippen molar-refractivity contribution in [2.75, 3.05) is 20.3 Å². The number of carbonyl (C=O) groups excluding carboxylic acids is 3. The Balaban J connectivity index is 1.72. The second kappa shape index (κ2) is 7.37. The molecule has 1 saturated carbocycles. The van der Waals surface area contributed by atoms with Crippen molar-refractivity contribution in [1.29, 1.82) is 0 Å². The highest BCUT2D eigenvalue weighted by Crippen LogP contribution is 2.45. The van der Waals surface area contributed by atoms with E-state index in [1.165, 1.54) is 17.0 Å². The molecule has 2 saturated heterocycles. The van der Waals surface area contributed by atoms with E-state index < -0.39 is 29.0 Å². The minimum absolute atomic E-state index is 0.0586. The maximum Gasteiger partial charge on any atom is 0.416 e. The van der Waals surface area contributed by atoms with Gasteiger partial charge in [0.1, 0.15) is 0 Å². The van der Waals surface area contributed by atoms with Gasteiger partial charge in [0.15, 0.2) is 0 Å². The molecule has 0 spiro atoms. The average Bonchev–Trinajstić information content (AvgIpc) is 3.29. The molecule has 2 atom stereocenters. The molecule has 6 nitrogen and oxygen atoms in total. The van der Waals surface area contributed by atoms with Crippen molar-refractivity contribution in [3.8, 4) is 0 Å². The van der Waals surface area contributed by atoms with E-state index in [1.807, 2.05) is 0 Å². The molecule has 3 amide bonds. The number of hydrogen-bond donors (Lipinski definition) is 0. The van der Waals surface area contributed by atoms with E-state index in [9.17, 15) is 27.6 Å². The quantitative estimate of drug-likeness (QED) is 0.682. The Morgan fingerprint density at radius 3 is 2.60 bits per heavy atom.